The molecule has 0 fully saturated rings. The van der Waals surface area contributed by atoms with Crippen LogP contribution in [0.3, 0.4) is 0 Å². The van der Waals surface area contributed by atoms with Crippen LogP contribution in [0.25, 0.3) is 10.6 Å². The highest BCUT2D eigenvalue weighted by atomic mass is 32.1. The number of thiocarbonyl (C=S) groups is 1. The minimum absolute atomic E-state index is 0.103. The molecule has 0 spiro atoms. The molecule has 1 atom stereocenters. The number of hydrogen-bond donors (Lipinski definition) is 3. The van der Waals surface area contributed by atoms with Crippen molar-refractivity contribution in [3.05, 3.63) is 34.8 Å². The van der Waals surface area contributed by atoms with E-state index in [-0.39, 0.29) is 11.8 Å². The lowest BCUT2D eigenvalue weighted by Crippen LogP contribution is -2.40. The summed E-state index contributed by atoms with van der Waals surface area (Å²) in [5.74, 6) is 0.239. The summed E-state index contributed by atoms with van der Waals surface area (Å²) in [6, 6.07) is 7.10. The van der Waals surface area contributed by atoms with E-state index in [4.69, 9.17) is 17.0 Å². The SMILES string of the molecule is COC[C@H](C)NC(=S)N/N=C(\C)c1sc(-c2ccc(O)cc2)nc1C. The van der Waals surface area contributed by atoms with Gasteiger partial charge in [-0.2, -0.15) is 5.10 Å². The molecule has 2 aromatic rings. The maximum atomic E-state index is 9.40. The van der Waals surface area contributed by atoms with Crippen LogP contribution >= 0.6 is 23.6 Å². The van der Waals surface area contributed by atoms with Crippen LogP contribution in [0, 0.1) is 6.92 Å². The van der Waals surface area contributed by atoms with E-state index in [0.717, 1.165) is 26.9 Å². The van der Waals surface area contributed by atoms with Gasteiger partial charge in [0, 0.05) is 18.7 Å². The number of hydrazone groups is 1. The average Bonchev–Trinajstić information content (AvgIpc) is 2.95. The number of thiazole rings is 1. The van der Waals surface area contributed by atoms with Crippen molar-refractivity contribution >= 4 is 34.4 Å². The van der Waals surface area contributed by atoms with Crippen molar-refractivity contribution in [3.8, 4) is 16.3 Å². The summed E-state index contributed by atoms with van der Waals surface area (Å²) in [4.78, 5) is 5.58. The quantitative estimate of drug-likeness (QED) is 0.407. The summed E-state index contributed by atoms with van der Waals surface area (Å²) in [5, 5.41) is 18.2. The van der Waals surface area contributed by atoms with Crippen LogP contribution in [0.1, 0.15) is 24.4 Å². The Labute approximate surface area is 156 Å². The van der Waals surface area contributed by atoms with Gasteiger partial charge in [-0.1, -0.05) is 0 Å². The standard InChI is InChI=1S/C17H22N4O2S2/c1-10(9-23-4)18-17(24)21-20-12(3)15-11(2)19-16(25-15)13-5-7-14(22)8-6-13/h5-8,10,22H,9H2,1-4H3,(H2,18,21,24)/b20-12+/t10-/m0/s1. The topological polar surface area (TPSA) is 78.8 Å². The van der Waals surface area contributed by atoms with Crippen LogP contribution in [-0.4, -0.2) is 40.7 Å². The van der Waals surface area contributed by atoms with Gasteiger partial charge in [0.25, 0.3) is 0 Å². The Morgan fingerprint density at radius 2 is 2.08 bits per heavy atom. The molecule has 8 heteroatoms. The third kappa shape index (κ3) is 5.48. The number of aromatic nitrogens is 1. The van der Waals surface area contributed by atoms with E-state index in [1.54, 1.807) is 30.6 Å². The number of phenols is 1. The van der Waals surface area contributed by atoms with E-state index >= 15 is 0 Å². The van der Waals surface area contributed by atoms with E-state index < -0.39 is 0 Å². The lowest BCUT2D eigenvalue weighted by molar-refractivity contribution is 0.179. The molecule has 0 bridgehead atoms. The molecule has 134 valence electrons. The lowest BCUT2D eigenvalue weighted by atomic mass is 10.2. The van der Waals surface area contributed by atoms with Gasteiger partial charge in [0.2, 0.25) is 0 Å². The summed E-state index contributed by atoms with van der Waals surface area (Å²) in [6.07, 6.45) is 0. The Kier molecular flexibility index (Phi) is 6.86. The summed E-state index contributed by atoms with van der Waals surface area (Å²) < 4.78 is 5.06. The van der Waals surface area contributed by atoms with Crippen molar-refractivity contribution in [3.63, 3.8) is 0 Å². The van der Waals surface area contributed by atoms with E-state index in [1.165, 1.54) is 0 Å². The smallest absolute Gasteiger partial charge is 0.187 e. The van der Waals surface area contributed by atoms with E-state index in [0.29, 0.717) is 11.7 Å². The fraction of sp³-hybridized carbons (Fsp3) is 0.353. The number of nitrogens with one attached hydrogen (secondary N) is 2. The summed E-state index contributed by atoms with van der Waals surface area (Å²) in [7, 11) is 1.65. The van der Waals surface area contributed by atoms with Crippen molar-refractivity contribution in [2.24, 2.45) is 5.10 Å². The molecule has 1 heterocycles. The van der Waals surface area contributed by atoms with Crippen molar-refractivity contribution in [1.29, 1.82) is 0 Å². The monoisotopic (exact) mass is 378 g/mol. The van der Waals surface area contributed by atoms with Gasteiger partial charge in [-0.15, -0.1) is 11.3 Å². The summed E-state index contributed by atoms with van der Waals surface area (Å²) in [6.45, 7) is 6.40. The molecule has 3 N–H and O–H groups in total. The van der Waals surface area contributed by atoms with Gasteiger partial charge in [0.05, 0.1) is 22.9 Å². The maximum absolute atomic E-state index is 9.40. The minimum atomic E-state index is 0.103. The molecule has 0 saturated heterocycles. The number of methoxy groups -OCH3 is 1. The second kappa shape index (κ2) is 8.89. The van der Waals surface area contributed by atoms with Gasteiger partial charge in [-0.3, -0.25) is 5.43 Å². The second-order valence-electron chi connectivity index (χ2n) is 5.62. The normalized spacial score (nSPS) is 12.7. The number of ether oxygens (including phenoxy) is 1. The number of aryl methyl sites for hydroxylation is 1. The van der Waals surface area contributed by atoms with Gasteiger partial charge in [-0.05, 0) is 57.3 Å². The molecule has 0 amide bonds. The first-order chi connectivity index (χ1) is 11.9. The molecular weight excluding hydrogens is 356 g/mol. The average molecular weight is 379 g/mol. The van der Waals surface area contributed by atoms with Crippen molar-refractivity contribution in [2.45, 2.75) is 26.8 Å². The van der Waals surface area contributed by atoms with Gasteiger partial charge in [-0.25, -0.2) is 4.98 Å². The molecule has 2 rings (SSSR count). The molecule has 1 aromatic carbocycles. The highest BCUT2D eigenvalue weighted by Gasteiger charge is 2.12. The van der Waals surface area contributed by atoms with Gasteiger partial charge < -0.3 is 15.2 Å². The highest BCUT2D eigenvalue weighted by molar-refractivity contribution is 7.80. The predicted octanol–water partition coefficient (Wildman–Crippen LogP) is 3.05. The first kappa shape index (κ1) is 19.3. The van der Waals surface area contributed by atoms with E-state index in [2.05, 4.69) is 20.8 Å². The molecule has 0 aliphatic carbocycles. The molecule has 25 heavy (non-hydrogen) atoms. The number of phenolic OH excluding ortho intramolecular Hbond substituents is 1. The zero-order chi connectivity index (χ0) is 18.4. The van der Waals surface area contributed by atoms with Crippen molar-refractivity contribution in [1.82, 2.24) is 15.7 Å². The Balaban J connectivity index is 2.07. The van der Waals surface area contributed by atoms with Crippen LogP contribution in [0.4, 0.5) is 0 Å². The van der Waals surface area contributed by atoms with E-state index in [1.807, 2.05) is 32.9 Å². The van der Waals surface area contributed by atoms with Gasteiger partial charge >= 0.3 is 0 Å². The van der Waals surface area contributed by atoms with Gasteiger partial charge in [0.15, 0.2) is 5.11 Å². The number of benzene rings is 1. The molecule has 0 saturated carbocycles. The molecule has 0 radical (unpaired) electrons. The molecule has 0 aliphatic rings. The van der Waals surface area contributed by atoms with E-state index in [9.17, 15) is 5.11 Å². The molecule has 0 aliphatic heterocycles. The second-order valence-corrected chi connectivity index (χ2v) is 7.03. The third-order valence-electron chi connectivity index (χ3n) is 3.36. The molecule has 0 unspecified atom stereocenters. The lowest BCUT2D eigenvalue weighted by Gasteiger charge is -2.14. The van der Waals surface area contributed by atoms with Crippen LogP contribution in [0.15, 0.2) is 29.4 Å². The van der Waals surface area contributed by atoms with Crippen LogP contribution in [-0.2, 0) is 4.74 Å². The fourth-order valence-corrected chi connectivity index (χ4v) is 3.46. The van der Waals surface area contributed by atoms with Gasteiger partial charge in [0.1, 0.15) is 10.8 Å². The highest BCUT2D eigenvalue weighted by Crippen LogP contribution is 2.29. The number of aromatic hydroxyl groups is 1. The first-order valence-electron chi connectivity index (χ1n) is 7.77. The van der Waals surface area contributed by atoms with Crippen LogP contribution in [0.5, 0.6) is 5.75 Å². The molecule has 6 nitrogen and oxygen atoms in total. The Morgan fingerprint density at radius 1 is 1.40 bits per heavy atom. The Morgan fingerprint density at radius 3 is 2.72 bits per heavy atom. The Bertz CT molecular complexity index is 757. The number of rotatable bonds is 6. The maximum Gasteiger partial charge on any atom is 0.187 e. The van der Waals surface area contributed by atoms with Crippen molar-refractivity contribution in [2.75, 3.05) is 13.7 Å². The zero-order valence-electron chi connectivity index (χ0n) is 14.7. The zero-order valence-corrected chi connectivity index (χ0v) is 16.3. The Hall–Kier alpha value is -2.03. The van der Waals surface area contributed by atoms with Crippen molar-refractivity contribution < 1.29 is 9.84 Å². The number of nitrogens with zero attached hydrogens (tertiary/aromatic N) is 2. The summed E-state index contributed by atoms with van der Waals surface area (Å²) in [5.41, 5.74) is 5.53. The largest absolute Gasteiger partial charge is 0.508 e. The predicted molar refractivity (Wildman–Crippen MR) is 106 cm³/mol. The van der Waals surface area contributed by atoms with Crippen LogP contribution < -0.4 is 10.7 Å². The summed E-state index contributed by atoms with van der Waals surface area (Å²) >= 11 is 6.77. The third-order valence-corrected chi connectivity index (χ3v) is 4.88. The fourth-order valence-electron chi connectivity index (χ4n) is 2.19. The number of hydrogen-bond acceptors (Lipinski definition) is 6. The minimum Gasteiger partial charge on any atom is -0.508 e. The molecular formula is C17H22N4O2S2. The van der Waals surface area contributed by atoms with Crippen LogP contribution in [0.2, 0.25) is 0 Å². The first-order valence-corrected chi connectivity index (χ1v) is 9.00. The molecule has 1 aromatic heterocycles.